The lowest BCUT2D eigenvalue weighted by atomic mass is 10.2. The number of hydrogen-bond donors (Lipinski definition) is 0. The molecule has 0 fully saturated rings. The maximum Gasteiger partial charge on any atom is 0.185 e. The molecule has 0 aliphatic heterocycles. The van der Waals surface area contributed by atoms with E-state index in [4.69, 9.17) is 0 Å². The minimum atomic E-state index is -4.14. The molecule has 0 aromatic heterocycles. The number of sulfone groups is 1. The number of benzene rings is 2. The van der Waals surface area contributed by atoms with Crippen molar-refractivity contribution < 1.29 is 21.6 Å². The lowest BCUT2D eigenvalue weighted by Gasteiger charge is -2.07. The van der Waals surface area contributed by atoms with E-state index in [0.29, 0.717) is 0 Å². The van der Waals surface area contributed by atoms with E-state index >= 15 is 0 Å². The Bertz CT molecular complexity index is 691. The third-order valence-corrected chi connectivity index (χ3v) is 4.24. The van der Waals surface area contributed by atoms with Crippen molar-refractivity contribution in [3.8, 4) is 0 Å². The predicted molar refractivity (Wildman–Crippen MR) is 63.6 cm³/mol. The zero-order chi connectivity index (χ0) is 14.0. The Morgan fingerprint density at radius 2 is 1.32 bits per heavy atom. The van der Waals surface area contributed by atoms with Crippen LogP contribution in [-0.2, 0) is 15.6 Å². The van der Waals surface area contributed by atoms with E-state index < -0.39 is 43.5 Å². The molecule has 6 heteroatoms. The first-order chi connectivity index (χ1) is 8.92. The van der Waals surface area contributed by atoms with Crippen LogP contribution in [0, 0.1) is 17.5 Å². The van der Waals surface area contributed by atoms with Gasteiger partial charge in [0.05, 0.1) is 5.75 Å². The summed E-state index contributed by atoms with van der Waals surface area (Å²) in [6, 6.07) is 7.74. The molecule has 0 aliphatic carbocycles. The highest BCUT2D eigenvalue weighted by atomic mass is 32.2. The molecular weight excluding hydrogens is 277 g/mol. The highest BCUT2D eigenvalue weighted by Gasteiger charge is 2.23. The Hall–Kier alpha value is -1.82. The molecule has 2 rings (SSSR count). The van der Waals surface area contributed by atoms with E-state index in [1.807, 2.05) is 0 Å². The van der Waals surface area contributed by atoms with Gasteiger partial charge in [-0.3, -0.25) is 0 Å². The second-order valence-corrected chi connectivity index (χ2v) is 5.85. The molecule has 0 heterocycles. The molecule has 0 saturated heterocycles. The SMILES string of the molecule is O=S(=O)(Cc1c(F)cccc1F)c1ccccc1F. The van der Waals surface area contributed by atoms with Crippen LogP contribution in [0.4, 0.5) is 13.2 Å². The van der Waals surface area contributed by atoms with E-state index in [1.165, 1.54) is 12.1 Å². The fourth-order valence-electron chi connectivity index (χ4n) is 1.63. The first kappa shape index (κ1) is 13.6. The van der Waals surface area contributed by atoms with Gasteiger partial charge in [0.15, 0.2) is 9.84 Å². The van der Waals surface area contributed by atoms with Crippen molar-refractivity contribution in [1.82, 2.24) is 0 Å². The smallest absolute Gasteiger partial charge is 0.185 e. The van der Waals surface area contributed by atoms with Crippen LogP contribution in [0.25, 0.3) is 0 Å². The van der Waals surface area contributed by atoms with Crippen LogP contribution >= 0.6 is 0 Å². The Balaban J connectivity index is 2.46. The maximum absolute atomic E-state index is 13.4. The second-order valence-electron chi connectivity index (χ2n) is 3.89. The normalized spacial score (nSPS) is 11.5. The van der Waals surface area contributed by atoms with Gasteiger partial charge in [0.25, 0.3) is 0 Å². The largest absolute Gasteiger partial charge is 0.223 e. The summed E-state index contributed by atoms with van der Waals surface area (Å²) < 4.78 is 64.1. The predicted octanol–water partition coefficient (Wildman–Crippen LogP) is 3.08. The highest BCUT2D eigenvalue weighted by molar-refractivity contribution is 7.90. The Kier molecular flexibility index (Phi) is 3.61. The van der Waals surface area contributed by atoms with Gasteiger partial charge in [-0.05, 0) is 24.3 Å². The minimum Gasteiger partial charge on any atom is -0.223 e. The molecule has 0 aliphatic rings. The Labute approximate surface area is 108 Å². The van der Waals surface area contributed by atoms with Gasteiger partial charge in [-0.15, -0.1) is 0 Å². The number of rotatable bonds is 3. The van der Waals surface area contributed by atoms with Crippen LogP contribution in [0.2, 0.25) is 0 Å². The van der Waals surface area contributed by atoms with Crippen molar-refractivity contribution in [2.45, 2.75) is 10.6 Å². The standard InChI is InChI=1S/C13H9F3O2S/c14-10-5-3-6-11(15)9(10)8-19(17,18)13-7-2-1-4-12(13)16/h1-7H,8H2. The van der Waals surface area contributed by atoms with Gasteiger partial charge in [0.2, 0.25) is 0 Å². The van der Waals surface area contributed by atoms with Gasteiger partial charge in [-0.2, -0.15) is 0 Å². The maximum atomic E-state index is 13.4. The zero-order valence-electron chi connectivity index (χ0n) is 9.61. The third-order valence-electron chi connectivity index (χ3n) is 2.57. The molecule has 0 radical (unpaired) electrons. The van der Waals surface area contributed by atoms with E-state index in [9.17, 15) is 21.6 Å². The van der Waals surface area contributed by atoms with Gasteiger partial charge >= 0.3 is 0 Å². The fraction of sp³-hybridized carbons (Fsp3) is 0.0769. The quantitative estimate of drug-likeness (QED) is 0.869. The van der Waals surface area contributed by atoms with Crippen molar-refractivity contribution in [3.63, 3.8) is 0 Å². The second kappa shape index (κ2) is 5.05. The van der Waals surface area contributed by atoms with Crippen LogP contribution in [0.5, 0.6) is 0 Å². The minimum absolute atomic E-state index is 0.572. The van der Waals surface area contributed by atoms with Crippen molar-refractivity contribution in [2.24, 2.45) is 0 Å². The third kappa shape index (κ3) is 2.78. The van der Waals surface area contributed by atoms with E-state index in [2.05, 4.69) is 0 Å². The van der Waals surface area contributed by atoms with Gasteiger partial charge in [-0.25, -0.2) is 21.6 Å². The summed E-state index contributed by atoms with van der Waals surface area (Å²) in [4.78, 5) is -0.572. The molecule has 2 aromatic carbocycles. The first-order valence-corrected chi connectivity index (χ1v) is 6.97. The van der Waals surface area contributed by atoms with E-state index in [0.717, 1.165) is 30.3 Å². The lowest BCUT2D eigenvalue weighted by molar-refractivity contribution is 0.548. The summed E-state index contributed by atoms with van der Waals surface area (Å²) in [6.45, 7) is 0. The summed E-state index contributed by atoms with van der Waals surface area (Å²) in [5.41, 5.74) is -0.592. The van der Waals surface area contributed by atoms with Crippen LogP contribution in [-0.4, -0.2) is 8.42 Å². The zero-order valence-corrected chi connectivity index (χ0v) is 10.4. The Morgan fingerprint density at radius 3 is 1.89 bits per heavy atom. The average molecular weight is 286 g/mol. The van der Waals surface area contributed by atoms with Crippen molar-refractivity contribution in [1.29, 1.82) is 0 Å². The van der Waals surface area contributed by atoms with Gasteiger partial charge in [-0.1, -0.05) is 18.2 Å². The Morgan fingerprint density at radius 1 is 0.789 bits per heavy atom. The molecule has 0 saturated carbocycles. The molecule has 0 amide bonds. The molecule has 100 valence electrons. The van der Waals surface area contributed by atoms with Crippen molar-refractivity contribution in [2.75, 3.05) is 0 Å². The van der Waals surface area contributed by atoms with Gasteiger partial charge in [0.1, 0.15) is 22.3 Å². The monoisotopic (exact) mass is 286 g/mol. The van der Waals surface area contributed by atoms with E-state index in [1.54, 1.807) is 0 Å². The van der Waals surface area contributed by atoms with Crippen LogP contribution in [0.1, 0.15) is 5.56 Å². The first-order valence-electron chi connectivity index (χ1n) is 5.32. The summed E-state index contributed by atoms with van der Waals surface area (Å²) >= 11 is 0. The lowest BCUT2D eigenvalue weighted by Crippen LogP contribution is -2.10. The topological polar surface area (TPSA) is 34.1 Å². The van der Waals surface area contributed by atoms with Gasteiger partial charge < -0.3 is 0 Å². The summed E-state index contributed by atoms with van der Waals surface area (Å²) in [7, 11) is -4.14. The number of hydrogen-bond acceptors (Lipinski definition) is 2. The van der Waals surface area contributed by atoms with Crippen LogP contribution in [0.15, 0.2) is 47.4 Å². The molecule has 0 N–H and O–H groups in total. The summed E-state index contributed by atoms with van der Waals surface area (Å²) in [5, 5.41) is 0. The molecule has 0 unspecified atom stereocenters. The summed E-state index contributed by atoms with van der Waals surface area (Å²) in [5.74, 6) is -3.81. The summed E-state index contributed by atoms with van der Waals surface area (Å²) in [6.07, 6.45) is 0. The van der Waals surface area contributed by atoms with E-state index in [-0.39, 0.29) is 0 Å². The van der Waals surface area contributed by atoms with Crippen molar-refractivity contribution in [3.05, 3.63) is 65.5 Å². The molecule has 2 nitrogen and oxygen atoms in total. The molecule has 0 bridgehead atoms. The average Bonchev–Trinajstić information content (AvgIpc) is 2.34. The molecular formula is C13H9F3O2S. The van der Waals surface area contributed by atoms with Crippen molar-refractivity contribution >= 4 is 9.84 Å². The fourth-order valence-corrected chi connectivity index (χ4v) is 3.10. The highest BCUT2D eigenvalue weighted by Crippen LogP contribution is 2.22. The molecule has 0 spiro atoms. The van der Waals surface area contributed by atoms with Crippen LogP contribution < -0.4 is 0 Å². The molecule has 2 aromatic rings. The van der Waals surface area contributed by atoms with Gasteiger partial charge in [0, 0.05) is 5.56 Å². The molecule has 19 heavy (non-hydrogen) atoms. The molecule has 0 atom stereocenters. The van der Waals surface area contributed by atoms with Crippen LogP contribution in [0.3, 0.4) is 0 Å². The number of halogens is 3.